The summed E-state index contributed by atoms with van der Waals surface area (Å²) in [5.74, 6) is -0.699. The van der Waals surface area contributed by atoms with E-state index in [2.05, 4.69) is 21.2 Å². The summed E-state index contributed by atoms with van der Waals surface area (Å²) in [6, 6.07) is 2.53. The van der Waals surface area contributed by atoms with E-state index in [9.17, 15) is 15.0 Å². The Morgan fingerprint density at radius 2 is 1.85 bits per heavy atom. The minimum atomic E-state index is -0.363. The van der Waals surface area contributed by atoms with Gasteiger partial charge in [-0.3, -0.25) is 4.79 Å². The Bertz CT molecular complexity index is 328. The van der Waals surface area contributed by atoms with E-state index in [-0.39, 0.29) is 27.4 Å². The minimum absolute atomic E-state index is 0.168. The molecular weight excluding hydrogens is 238 g/mol. The first-order valence-corrected chi connectivity index (χ1v) is 4.29. The molecule has 1 amide bonds. The van der Waals surface area contributed by atoms with Crippen molar-refractivity contribution >= 4 is 21.8 Å². The van der Waals surface area contributed by atoms with Gasteiger partial charge in [-0.15, -0.1) is 0 Å². The molecule has 0 aliphatic rings. The van der Waals surface area contributed by atoms with E-state index in [0.717, 1.165) is 0 Å². The predicted octanol–water partition coefficient (Wildman–Crippen LogP) is 1.22. The largest absolute Gasteiger partial charge is 0.507 e. The number of hydrogen-bond donors (Lipinski definition) is 3. The molecule has 0 spiro atoms. The van der Waals surface area contributed by atoms with Crippen LogP contribution in [0.25, 0.3) is 0 Å². The van der Waals surface area contributed by atoms with Crippen molar-refractivity contribution in [3.63, 3.8) is 0 Å². The molecule has 0 bridgehead atoms. The molecule has 0 saturated heterocycles. The second-order valence-electron chi connectivity index (χ2n) is 2.41. The monoisotopic (exact) mass is 245 g/mol. The van der Waals surface area contributed by atoms with Crippen molar-refractivity contribution in [2.75, 3.05) is 7.05 Å². The van der Waals surface area contributed by atoms with Gasteiger partial charge in [0.25, 0.3) is 5.91 Å². The lowest BCUT2D eigenvalue weighted by Crippen LogP contribution is -2.17. The van der Waals surface area contributed by atoms with Gasteiger partial charge in [-0.05, 0) is 28.1 Å². The highest BCUT2D eigenvalue weighted by Gasteiger charge is 2.10. The zero-order valence-corrected chi connectivity index (χ0v) is 8.42. The number of phenols is 2. The zero-order valence-electron chi connectivity index (χ0n) is 6.84. The molecule has 70 valence electrons. The number of aromatic hydroxyl groups is 2. The van der Waals surface area contributed by atoms with Gasteiger partial charge in [-0.2, -0.15) is 0 Å². The Balaban J connectivity index is 3.20. The SMILES string of the molecule is CNC(=O)c1cc(O)c(Br)c(O)c1. The van der Waals surface area contributed by atoms with Crippen LogP contribution in [0.3, 0.4) is 0 Å². The predicted molar refractivity (Wildman–Crippen MR) is 50.9 cm³/mol. The number of phenolic OH excluding ortho intramolecular Hbond substituents is 2. The van der Waals surface area contributed by atoms with Gasteiger partial charge in [0.2, 0.25) is 0 Å². The lowest BCUT2D eigenvalue weighted by atomic mass is 10.2. The van der Waals surface area contributed by atoms with Crippen LogP contribution >= 0.6 is 15.9 Å². The van der Waals surface area contributed by atoms with Crippen LogP contribution in [-0.2, 0) is 0 Å². The van der Waals surface area contributed by atoms with Crippen molar-refractivity contribution in [1.29, 1.82) is 0 Å². The summed E-state index contributed by atoms with van der Waals surface area (Å²) in [6.07, 6.45) is 0. The molecule has 0 fully saturated rings. The zero-order chi connectivity index (χ0) is 10.0. The van der Waals surface area contributed by atoms with Gasteiger partial charge in [-0.1, -0.05) is 0 Å². The van der Waals surface area contributed by atoms with Gasteiger partial charge in [-0.25, -0.2) is 0 Å². The lowest BCUT2D eigenvalue weighted by molar-refractivity contribution is 0.0962. The van der Waals surface area contributed by atoms with E-state index in [0.29, 0.717) is 0 Å². The van der Waals surface area contributed by atoms with Crippen LogP contribution in [-0.4, -0.2) is 23.2 Å². The molecule has 0 heterocycles. The van der Waals surface area contributed by atoms with Crippen molar-refractivity contribution in [1.82, 2.24) is 5.32 Å². The normalized spacial score (nSPS) is 9.69. The van der Waals surface area contributed by atoms with Gasteiger partial charge in [0, 0.05) is 12.6 Å². The summed E-state index contributed by atoms with van der Waals surface area (Å²) >= 11 is 2.95. The van der Waals surface area contributed by atoms with Crippen LogP contribution in [0.4, 0.5) is 0 Å². The topological polar surface area (TPSA) is 69.6 Å². The smallest absolute Gasteiger partial charge is 0.251 e. The fraction of sp³-hybridized carbons (Fsp3) is 0.125. The lowest BCUT2D eigenvalue weighted by Gasteiger charge is -2.04. The minimum Gasteiger partial charge on any atom is -0.507 e. The molecular formula is C8H8BrNO3. The molecule has 0 aliphatic heterocycles. The number of benzene rings is 1. The van der Waals surface area contributed by atoms with Gasteiger partial charge in [0.1, 0.15) is 16.0 Å². The van der Waals surface area contributed by atoms with E-state index in [1.54, 1.807) is 0 Å². The highest BCUT2D eigenvalue weighted by atomic mass is 79.9. The maximum absolute atomic E-state index is 11.1. The molecule has 4 nitrogen and oxygen atoms in total. The fourth-order valence-electron chi connectivity index (χ4n) is 0.870. The molecule has 0 aromatic heterocycles. The molecule has 0 radical (unpaired) electrons. The summed E-state index contributed by atoms with van der Waals surface area (Å²) in [6.45, 7) is 0. The number of amides is 1. The summed E-state index contributed by atoms with van der Waals surface area (Å²) in [4.78, 5) is 11.1. The standard InChI is InChI=1S/C8H8BrNO3/c1-10-8(13)4-2-5(11)7(9)6(12)3-4/h2-3,11-12H,1H3,(H,10,13). The summed E-state index contributed by atoms with van der Waals surface area (Å²) in [7, 11) is 1.47. The Labute approximate surface area is 83.3 Å². The number of rotatable bonds is 1. The Morgan fingerprint density at radius 1 is 1.38 bits per heavy atom. The third-order valence-electron chi connectivity index (χ3n) is 1.52. The summed E-state index contributed by atoms with van der Waals surface area (Å²) in [5.41, 5.74) is 0.209. The maximum atomic E-state index is 11.1. The van der Waals surface area contributed by atoms with Crippen molar-refractivity contribution in [2.24, 2.45) is 0 Å². The van der Waals surface area contributed by atoms with E-state index in [4.69, 9.17) is 0 Å². The quantitative estimate of drug-likeness (QED) is 0.697. The Morgan fingerprint density at radius 3 is 2.23 bits per heavy atom. The molecule has 5 heteroatoms. The summed E-state index contributed by atoms with van der Waals surface area (Å²) in [5, 5.41) is 20.9. The van der Waals surface area contributed by atoms with Crippen LogP contribution in [0.5, 0.6) is 11.5 Å². The third kappa shape index (κ3) is 1.92. The maximum Gasteiger partial charge on any atom is 0.251 e. The fourth-order valence-corrected chi connectivity index (χ4v) is 1.10. The van der Waals surface area contributed by atoms with Crippen LogP contribution in [0, 0.1) is 0 Å². The molecule has 3 N–H and O–H groups in total. The average Bonchev–Trinajstić information content (AvgIpc) is 2.12. The van der Waals surface area contributed by atoms with Crippen molar-refractivity contribution in [3.8, 4) is 11.5 Å². The van der Waals surface area contributed by atoms with Crippen LogP contribution < -0.4 is 5.32 Å². The Hall–Kier alpha value is -1.23. The first kappa shape index (κ1) is 9.85. The number of hydrogen-bond acceptors (Lipinski definition) is 3. The molecule has 0 aliphatic carbocycles. The third-order valence-corrected chi connectivity index (χ3v) is 2.34. The molecule has 0 atom stereocenters. The molecule has 13 heavy (non-hydrogen) atoms. The molecule has 1 aromatic carbocycles. The average molecular weight is 246 g/mol. The van der Waals surface area contributed by atoms with Gasteiger partial charge in [0.05, 0.1) is 0 Å². The molecule has 1 rings (SSSR count). The highest BCUT2D eigenvalue weighted by Crippen LogP contribution is 2.33. The van der Waals surface area contributed by atoms with Crippen LogP contribution in [0.2, 0.25) is 0 Å². The number of halogens is 1. The van der Waals surface area contributed by atoms with Gasteiger partial charge >= 0.3 is 0 Å². The van der Waals surface area contributed by atoms with Crippen molar-refractivity contribution in [2.45, 2.75) is 0 Å². The molecule has 1 aromatic rings. The first-order chi connectivity index (χ1) is 6.06. The van der Waals surface area contributed by atoms with E-state index in [1.165, 1.54) is 19.2 Å². The van der Waals surface area contributed by atoms with Crippen molar-refractivity contribution < 1.29 is 15.0 Å². The van der Waals surface area contributed by atoms with Crippen LogP contribution in [0.1, 0.15) is 10.4 Å². The number of nitrogens with one attached hydrogen (secondary N) is 1. The van der Waals surface area contributed by atoms with Gasteiger partial charge in [0.15, 0.2) is 0 Å². The van der Waals surface area contributed by atoms with Gasteiger partial charge < -0.3 is 15.5 Å². The first-order valence-electron chi connectivity index (χ1n) is 3.50. The van der Waals surface area contributed by atoms with Crippen molar-refractivity contribution in [3.05, 3.63) is 22.2 Å². The van der Waals surface area contributed by atoms with E-state index in [1.807, 2.05) is 0 Å². The van der Waals surface area contributed by atoms with Crippen LogP contribution in [0.15, 0.2) is 16.6 Å². The second kappa shape index (κ2) is 3.66. The summed E-state index contributed by atoms with van der Waals surface area (Å²) < 4.78 is 0.181. The number of carbonyl (C=O) groups is 1. The second-order valence-corrected chi connectivity index (χ2v) is 3.20. The van der Waals surface area contributed by atoms with E-state index < -0.39 is 0 Å². The molecule has 0 saturated carbocycles. The highest BCUT2D eigenvalue weighted by molar-refractivity contribution is 9.10. The number of carbonyl (C=O) groups excluding carboxylic acids is 1. The molecule has 0 unspecified atom stereocenters. The Kier molecular flexibility index (Phi) is 2.77. The van der Waals surface area contributed by atoms with E-state index >= 15 is 0 Å².